The molecule has 0 aliphatic carbocycles. The number of nitrogens with zero attached hydrogens (tertiary/aromatic N) is 2. The smallest absolute Gasteiger partial charge is 0.356 e. The SMILES string of the molecule is CSc1nc(C(=O)O)c2ccccn12. The number of hydrogen-bond donors (Lipinski definition) is 1. The van der Waals surface area contributed by atoms with Gasteiger partial charge in [0.05, 0.1) is 5.52 Å². The van der Waals surface area contributed by atoms with Crippen molar-refractivity contribution in [2.24, 2.45) is 0 Å². The highest BCUT2D eigenvalue weighted by atomic mass is 32.2. The summed E-state index contributed by atoms with van der Waals surface area (Å²) < 4.78 is 1.77. The van der Waals surface area contributed by atoms with Gasteiger partial charge in [-0.05, 0) is 18.4 Å². The second-order valence-electron chi connectivity index (χ2n) is 2.71. The van der Waals surface area contributed by atoms with Crippen LogP contribution in [0.4, 0.5) is 0 Å². The molecule has 0 aliphatic rings. The van der Waals surface area contributed by atoms with Gasteiger partial charge in [0.25, 0.3) is 0 Å². The Morgan fingerprint density at radius 3 is 3.00 bits per heavy atom. The van der Waals surface area contributed by atoms with Crippen molar-refractivity contribution in [3.63, 3.8) is 0 Å². The fourth-order valence-corrected chi connectivity index (χ4v) is 1.85. The summed E-state index contributed by atoms with van der Waals surface area (Å²) >= 11 is 1.43. The zero-order valence-corrected chi connectivity index (χ0v) is 8.28. The van der Waals surface area contributed by atoms with Crippen molar-refractivity contribution in [3.8, 4) is 0 Å². The Bertz CT molecular complexity index is 493. The largest absolute Gasteiger partial charge is 0.476 e. The molecular weight excluding hydrogens is 200 g/mol. The van der Waals surface area contributed by atoms with Crippen LogP contribution < -0.4 is 0 Å². The van der Waals surface area contributed by atoms with Crippen LogP contribution in [0, 0.1) is 0 Å². The molecule has 2 aromatic rings. The summed E-state index contributed by atoms with van der Waals surface area (Å²) in [4.78, 5) is 14.9. The summed E-state index contributed by atoms with van der Waals surface area (Å²) in [5.41, 5.74) is 0.735. The van der Waals surface area contributed by atoms with Crippen LogP contribution in [0.3, 0.4) is 0 Å². The number of aromatic nitrogens is 2. The molecule has 4 nitrogen and oxygen atoms in total. The molecule has 2 heterocycles. The number of carbonyl (C=O) groups is 1. The van der Waals surface area contributed by atoms with E-state index in [9.17, 15) is 4.79 Å². The average Bonchev–Trinajstić information content (AvgIpc) is 2.56. The molecule has 14 heavy (non-hydrogen) atoms. The van der Waals surface area contributed by atoms with E-state index in [-0.39, 0.29) is 5.69 Å². The summed E-state index contributed by atoms with van der Waals surface area (Å²) in [5.74, 6) is -0.992. The minimum Gasteiger partial charge on any atom is -0.476 e. The van der Waals surface area contributed by atoms with Gasteiger partial charge in [-0.1, -0.05) is 17.8 Å². The third-order valence-electron chi connectivity index (χ3n) is 1.90. The number of imidazole rings is 1. The molecule has 0 radical (unpaired) electrons. The molecule has 2 rings (SSSR count). The first-order valence-corrected chi connectivity index (χ1v) is 5.21. The number of thioether (sulfide) groups is 1. The minimum atomic E-state index is -0.992. The molecule has 0 bridgehead atoms. The van der Waals surface area contributed by atoms with Gasteiger partial charge in [-0.15, -0.1) is 0 Å². The van der Waals surface area contributed by atoms with Gasteiger partial charge in [0, 0.05) is 6.20 Å². The lowest BCUT2D eigenvalue weighted by atomic mass is 10.3. The molecule has 1 N–H and O–H groups in total. The topological polar surface area (TPSA) is 54.6 Å². The number of carboxylic acids is 1. The number of fused-ring (bicyclic) bond motifs is 1. The molecular formula is C9H8N2O2S. The number of aromatic carboxylic acids is 1. The highest BCUT2D eigenvalue weighted by Gasteiger charge is 2.14. The van der Waals surface area contributed by atoms with E-state index >= 15 is 0 Å². The lowest BCUT2D eigenvalue weighted by Crippen LogP contribution is -1.96. The molecule has 0 aliphatic heterocycles. The van der Waals surface area contributed by atoms with Crippen LogP contribution in [0.1, 0.15) is 10.5 Å². The molecule has 0 saturated heterocycles. The molecule has 5 heteroatoms. The normalized spacial score (nSPS) is 10.6. The molecule has 0 unspecified atom stereocenters. The van der Waals surface area contributed by atoms with Gasteiger partial charge >= 0.3 is 5.97 Å². The van der Waals surface area contributed by atoms with Gasteiger partial charge in [-0.3, -0.25) is 4.40 Å². The predicted molar refractivity (Wildman–Crippen MR) is 53.9 cm³/mol. The zero-order valence-electron chi connectivity index (χ0n) is 7.47. The maximum Gasteiger partial charge on any atom is 0.356 e. The summed E-state index contributed by atoms with van der Waals surface area (Å²) in [5, 5.41) is 9.60. The van der Waals surface area contributed by atoms with Crippen LogP contribution >= 0.6 is 11.8 Å². The lowest BCUT2D eigenvalue weighted by Gasteiger charge is -1.94. The van der Waals surface area contributed by atoms with E-state index in [0.717, 1.165) is 0 Å². The van der Waals surface area contributed by atoms with E-state index in [0.29, 0.717) is 10.7 Å². The van der Waals surface area contributed by atoms with E-state index < -0.39 is 5.97 Å². The second kappa shape index (κ2) is 3.34. The molecule has 0 aromatic carbocycles. The predicted octanol–water partition coefficient (Wildman–Crippen LogP) is 1.75. The molecule has 0 atom stereocenters. The van der Waals surface area contributed by atoms with Crippen molar-refractivity contribution in [1.82, 2.24) is 9.38 Å². The Morgan fingerprint density at radius 1 is 1.57 bits per heavy atom. The molecule has 0 amide bonds. The van der Waals surface area contributed by atoms with Gasteiger partial charge in [-0.2, -0.15) is 0 Å². The Kier molecular flexibility index (Phi) is 2.17. The first-order chi connectivity index (χ1) is 6.74. The van der Waals surface area contributed by atoms with Gasteiger partial charge in [-0.25, -0.2) is 9.78 Å². The van der Waals surface area contributed by atoms with Gasteiger partial charge < -0.3 is 5.11 Å². The Hall–Kier alpha value is -1.49. The fraction of sp³-hybridized carbons (Fsp3) is 0.111. The lowest BCUT2D eigenvalue weighted by molar-refractivity contribution is 0.0693. The zero-order chi connectivity index (χ0) is 10.1. The maximum atomic E-state index is 10.9. The average molecular weight is 208 g/mol. The maximum absolute atomic E-state index is 10.9. The summed E-state index contributed by atoms with van der Waals surface area (Å²) in [6, 6.07) is 5.39. The van der Waals surface area contributed by atoms with E-state index in [1.165, 1.54) is 11.8 Å². The van der Waals surface area contributed by atoms with Gasteiger partial charge in [0.15, 0.2) is 10.9 Å². The number of pyridine rings is 1. The monoisotopic (exact) mass is 208 g/mol. The third-order valence-corrected chi connectivity index (χ3v) is 2.55. The van der Waals surface area contributed by atoms with Gasteiger partial charge in [0.2, 0.25) is 0 Å². The van der Waals surface area contributed by atoms with Crippen LogP contribution in [0.15, 0.2) is 29.6 Å². The summed E-state index contributed by atoms with van der Waals surface area (Å²) in [7, 11) is 0. The second-order valence-corrected chi connectivity index (χ2v) is 3.48. The van der Waals surface area contributed by atoms with Crippen molar-refractivity contribution >= 4 is 23.2 Å². The van der Waals surface area contributed by atoms with Crippen molar-refractivity contribution in [2.75, 3.05) is 6.26 Å². The first kappa shape index (κ1) is 9.08. The Labute approximate surface area is 84.6 Å². The van der Waals surface area contributed by atoms with E-state index in [4.69, 9.17) is 5.11 Å². The third kappa shape index (κ3) is 1.26. The van der Waals surface area contributed by atoms with Crippen LogP contribution in [0.5, 0.6) is 0 Å². The van der Waals surface area contributed by atoms with Crippen molar-refractivity contribution in [3.05, 3.63) is 30.1 Å². The Balaban J connectivity index is 2.80. The highest BCUT2D eigenvalue weighted by Crippen LogP contribution is 2.19. The van der Waals surface area contributed by atoms with Crippen LogP contribution in [0.2, 0.25) is 0 Å². The molecule has 72 valence electrons. The summed E-state index contributed by atoms with van der Waals surface area (Å²) in [6.07, 6.45) is 3.67. The molecule has 0 saturated carbocycles. The van der Waals surface area contributed by atoms with E-state index in [1.54, 1.807) is 22.7 Å². The van der Waals surface area contributed by atoms with E-state index in [2.05, 4.69) is 4.98 Å². The van der Waals surface area contributed by atoms with Gasteiger partial charge in [0.1, 0.15) is 0 Å². The first-order valence-electron chi connectivity index (χ1n) is 3.98. The molecule has 2 aromatic heterocycles. The standard InChI is InChI=1S/C9H8N2O2S/c1-14-9-10-7(8(12)13)6-4-2-3-5-11(6)9/h2-5H,1H3,(H,12,13). The number of rotatable bonds is 2. The number of carboxylic acid groups (broad SMARTS) is 1. The van der Waals surface area contributed by atoms with Crippen molar-refractivity contribution in [2.45, 2.75) is 5.16 Å². The molecule has 0 spiro atoms. The van der Waals surface area contributed by atoms with Crippen LogP contribution in [-0.2, 0) is 0 Å². The van der Waals surface area contributed by atoms with Crippen molar-refractivity contribution in [1.29, 1.82) is 0 Å². The Morgan fingerprint density at radius 2 is 2.36 bits per heavy atom. The number of hydrogen-bond acceptors (Lipinski definition) is 3. The van der Waals surface area contributed by atoms with E-state index in [1.807, 2.05) is 12.3 Å². The minimum absolute atomic E-state index is 0.106. The quantitative estimate of drug-likeness (QED) is 0.764. The fourth-order valence-electron chi connectivity index (χ4n) is 1.31. The molecule has 0 fully saturated rings. The van der Waals surface area contributed by atoms with Crippen LogP contribution in [-0.4, -0.2) is 26.7 Å². The van der Waals surface area contributed by atoms with Crippen molar-refractivity contribution < 1.29 is 9.90 Å². The van der Waals surface area contributed by atoms with Crippen LogP contribution in [0.25, 0.3) is 5.52 Å². The highest BCUT2D eigenvalue weighted by molar-refractivity contribution is 7.98. The summed E-state index contributed by atoms with van der Waals surface area (Å²) in [6.45, 7) is 0.